The van der Waals surface area contributed by atoms with Crippen molar-refractivity contribution in [1.29, 1.82) is 0 Å². The fraction of sp³-hybridized carbons (Fsp3) is 0.611. The summed E-state index contributed by atoms with van der Waals surface area (Å²) in [5.74, 6) is 2.12. The van der Waals surface area contributed by atoms with Gasteiger partial charge < -0.3 is 9.88 Å². The van der Waals surface area contributed by atoms with E-state index in [4.69, 9.17) is 4.98 Å². The zero-order valence-electron chi connectivity index (χ0n) is 13.1. The first-order chi connectivity index (χ1) is 10.4. The molecule has 1 aliphatic carbocycles. The van der Waals surface area contributed by atoms with E-state index in [0.717, 1.165) is 31.1 Å². The Hall–Kier alpha value is -1.35. The van der Waals surface area contributed by atoms with Gasteiger partial charge in [-0.05, 0) is 37.9 Å². The highest BCUT2D eigenvalue weighted by atomic mass is 15.1. The van der Waals surface area contributed by atoms with Crippen molar-refractivity contribution in [2.45, 2.75) is 58.5 Å². The van der Waals surface area contributed by atoms with Gasteiger partial charge in [0.2, 0.25) is 0 Å². The number of nitrogens with zero attached hydrogens (tertiary/aromatic N) is 2. The second kappa shape index (κ2) is 7.08. The number of fused-ring (bicyclic) bond motifs is 1. The summed E-state index contributed by atoms with van der Waals surface area (Å²) in [6.45, 7) is 5.19. The van der Waals surface area contributed by atoms with Crippen LogP contribution in [-0.4, -0.2) is 16.1 Å². The van der Waals surface area contributed by atoms with E-state index in [2.05, 4.69) is 41.1 Å². The standard InChI is InChI=1S/C18H27N3/c1-2-21-17-11-7-6-10-16(17)20-18(21)14-19-13-12-15-8-4-3-5-9-15/h6-7,10-11,15,19H,2-5,8-9,12-14H2,1H3. The highest BCUT2D eigenvalue weighted by Crippen LogP contribution is 2.25. The van der Waals surface area contributed by atoms with Crippen LogP contribution < -0.4 is 5.32 Å². The molecule has 1 aliphatic rings. The zero-order chi connectivity index (χ0) is 14.5. The van der Waals surface area contributed by atoms with Crippen molar-refractivity contribution in [1.82, 2.24) is 14.9 Å². The predicted molar refractivity (Wildman–Crippen MR) is 88.3 cm³/mol. The SMILES string of the molecule is CCn1c(CNCCC2CCCCC2)nc2ccccc21. The molecule has 1 aromatic carbocycles. The maximum Gasteiger partial charge on any atom is 0.123 e. The van der Waals surface area contributed by atoms with Gasteiger partial charge in [-0.25, -0.2) is 4.98 Å². The quantitative estimate of drug-likeness (QED) is 0.809. The van der Waals surface area contributed by atoms with Crippen molar-refractivity contribution >= 4 is 11.0 Å². The molecule has 0 aliphatic heterocycles. The highest BCUT2D eigenvalue weighted by molar-refractivity contribution is 5.75. The zero-order valence-corrected chi connectivity index (χ0v) is 13.1. The van der Waals surface area contributed by atoms with Gasteiger partial charge in [0.05, 0.1) is 17.6 Å². The molecule has 2 aromatic rings. The summed E-state index contributed by atoms with van der Waals surface area (Å²) in [4.78, 5) is 4.77. The third-order valence-corrected chi connectivity index (χ3v) is 4.79. The topological polar surface area (TPSA) is 29.9 Å². The molecule has 3 nitrogen and oxygen atoms in total. The van der Waals surface area contributed by atoms with E-state index in [9.17, 15) is 0 Å². The lowest BCUT2D eigenvalue weighted by Gasteiger charge is -2.21. The number of aryl methyl sites for hydroxylation is 1. The molecule has 1 saturated carbocycles. The summed E-state index contributed by atoms with van der Waals surface area (Å²) in [5, 5.41) is 3.60. The molecule has 0 saturated heterocycles. The van der Waals surface area contributed by atoms with E-state index >= 15 is 0 Å². The van der Waals surface area contributed by atoms with Gasteiger partial charge in [0.1, 0.15) is 5.82 Å². The number of hydrogen-bond acceptors (Lipinski definition) is 2. The van der Waals surface area contributed by atoms with Gasteiger partial charge in [0, 0.05) is 6.54 Å². The summed E-state index contributed by atoms with van der Waals surface area (Å²) in [6.07, 6.45) is 8.54. The Bertz CT molecular complexity index is 567. The lowest BCUT2D eigenvalue weighted by atomic mass is 9.87. The molecule has 1 N–H and O–H groups in total. The summed E-state index contributed by atoms with van der Waals surface area (Å²) in [7, 11) is 0. The first kappa shape index (κ1) is 14.6. The first-order valence-corrected chi connectivity index (χ1v) is 8.53. The van der Waals surface area contributed by atoms with Crippen LogP contribution in [0.25, 0.3) is 11.0 Å². The van der Waals surface area contributed by atoms with Crippen LogP contribution in [0.2, 0.25) is 0 Å². The van der Waals surface area contributed by atoms with Crippen molar-refractivity contribution in [3.05, 3.63) is 30.1 Å². The molecule has 3 heteroatoms. The Labute approximate surface area is 127 Å². The monoisotopic (exact) mass is 285 g/mol. The summed E-state index contributed by atoms with van der Waals surface area (Å²) >= 11 is 0. The van der Waals surface area contributed by atoms with Gasteiger partial charge in [-0.15, -0.1) is 0 Å². The van der Waals surface area contributed by atoms with Crippen molar-refractivity contribution < 1.29 is 0 Å². The molecular formula is C18H27N3. The van der Waals surface area contributed by atoms with Gasteiger partial charge in [-0.1, -0.05) is 44.2 Å². The van der Waals surface area contributed by atoms with Crippen LogP contribution >= 0.6 is 0 Å². The Morgan fingerprint density at radius 2 is 2.00 bits per heavy atom. The lowest BCUT2D eigenvalue weighted by molar-refractivity contribution is 0.333. The van der Waals surface area contributed by atoms with Gasteiger partial charge in [0.15, 0.2) is 0 Å². The summed E-state index contributed by atoms with van der Waals surface area (Å²) in [6, 6.07) is 8.43. The largest absolute Gasteiger partial charge is 0.327 e. The number of rotatable bonds is 6. The average Bonchev–Trinajstić information content (AvgIpc) is 2.90. The Balaban J connectivity index is 1.55. The lowest BCUT2D eigenvalue weighted by Crippen LogP contribution is -2.21. The molecule has 0 bridgehead atoms. The van der Waals surface area contributed by atoms with Crippen LogP contribution in [0.1, 0.15) is 51.3 Å². The number of imidazole rings is 1. The predicted octanol–water partition coefficient (Wildman–Crippen LogP) is 4.12. The summed E-state index contributed by atoms with van der Waals surface area (Å²) in [5.41, 5.74) is 2.37. The molecule has 1 fully saturated rings. The van der Waals surface area contributed by atoms with E-state index in [-0.39, 0.29) is 0 Å². The number of para-hydroxylation sites is 2. The molecule has 1 aromatic heterocycles. The second-order valence-corrected chi connectivity index (χ2v) is 6.23. The van der Waals surface area contributed by atoms with Crippen LogP contribution in [-0.2, 0) is 13.1 Å². The van der Waals surface area contributed by atoms with Crippen molar-refractivity contribution in [3.63, 3.8) is 0 Å². The van der Waals surface area contributed by atoms with Gasteiger partial charge >= 0.3 is 0 Å². The van der Waals surface area contributed by atoms with E-state index in [1.165, 1.54) is 49.9 Å². The molecule has 0 unspecified atom stereocenters. The highest BCUT2D eigenvalue weighted by Gasteiger charge is 2.13. The molecule has 1 heterocycles. The number of nitrogens with one attached hydrogen (secondary N) is 1. The molecule has 3 rings (SSSR count). The molecule has 21 heavy (non-hydrogen) atoms. The third-order valence-electron chi connectivity index (χ3n) is 4.79. The maximum absolute atomic E-state index is 4.77. The molecule has 0 radical (unpaired) electrons. The van der Waals surface area contributed by atoms with Crippen molar-refractivity contribution in [3.8, 4) is 0 Å². The van der Waals surface area contributed by atoms with Gasteiger partial charge in [-0.3, -0.25) is 0 Å². The maximum atomic E-state index is 4.77. The second-order valence-electron chi connectivity index (χ2n) is 6.23. The van der Waals surface area contributed by atoms with Crippen LogP contribution in [0.3, 0.4) is 0 Å². The molecule has 0 spiro atoms. The minimum Gasteiger partial charge on any atom is -0.327 e. The van der Waals surface area contributed by atoms with Crippen molar-refractivity contribution in [2.75, 3.05) is 6.54 Å². The normalized spacial score (nSPS) is 16.6. The van der Waals surface area contributed by atoms with Gasteiger partial charge in [0.25, 0.3) is 0 Å². The Morgan fingerprint density at radius 3 is 2.81 bits per heavy atom. The number of aromatic nitrogens is 2. The van der Waals surface area contributed by atoms with Gasteiger partial charge in [-0.2, -0.15) is 0 Å². The van der Waals surface area contributed by atoms with E-state index in [0.29, 0.717) is 0 Å². The van der Waals surface area contributed by atoms with Crippen molar-refractivity contribution in [2.24, 2.45) is 5.92 Å². The Morgan fingerprint density at radius 1 is 1.19 bits per heavy atom. The fourth-order valence-corrected chi connectivity index (χ4v) is 3.60. The molecule has 0 atom stereocenters. The summed E-state index contributed by atoms with van der Waals surface area (Å²) < 4.78 is 2.32. The first-order valence-electron chi connectivity index (χ1n) is 8.53. The molecular weight excluding hydrogens is 258 g/mol. The van der Waals surface area contributed by atoms with Crippen LogP contribution in [0.5, 0.6) is 0 Å². The van der Waals surface area contributed by atoms with Crippen LogP contribution in [0.15, 0.2) is 24.3 Å². The minimum atomic E-state index is 0.884. The minimum absolute atomic E-state index is 0.884. The molecule has 114 valence electrons. The third kappa shape index (κ3) is 3.46. The number of hydrogen-bond donors (Lipinski definition) is 1. The van der Waals surface area contributed by atoms with E-state index in [1.54, 1.807) is 0 Å². The van der Waals surface area contributed by atoms with E-state index < -0.39 is 0 Å². The number of benzene rings is 1. The molecule has 0 amide bonds. The Kier molecular flexibility index (Phi) is 4.91. The van der Waals surface area contributed by atoms with E-state index in [1.807, 2.05) is 0 Å². The van der Waals surface area contributed by atoms with Crippen LogP contribution in [0.4, 0.5) is 0 Å². The van der Waals surface area contributed by atoms with Crippen LogP contribution in [0, 0.1) is 5.92 Å². The fourth-order valence-electron chi connectivity index (χ4n) is 3.60. The smallest absolute Gasteiger partial charge is 0.123 e. The average molecular weight is 285 g/mol.